The van der Waals surface area contributed by atoms with Crippen LogP contribution in [0.15, 0.2) is 0 Å². The Morgan fingerprint density at radius 2 is 1.90 bits per heavy atom. The van der Waals surface area contributed by atoms with Crippen LogP contribution in [0.4, 0.5) is 0 Å². The van der Waals surface area contributed by atoms with Gasteiger partial charge >= 0.3 is 5.97 Å². The third-order valence-electron chi connectivity index (χ3n) is 4.00. The summed E-state index contributed by atoms with van der Waals surface area (Å²) in [7, 11) is 1.40. The van der Waals surface area contributed by atoms with Crippen LogP contribution in [0.3, 0.4) is 0 Å². The van der Waals surface area contributed by atoms with Crippen LogP contribution in [0.25, 0.3) is 0 Å². The maximum absolute atomic E-state index is 11.4. The minimum Gasteiger partial charge on any atom is -0.490 e. The van der Waals surface area contributed by atoms with E-state index in [1.54, 1.807) is 0 Å². The van der Waals surface area contributed by atoms with E-state index in [2.05, 4.69) is 13.8 Å². The number of benzene rings is 1. The molecule has 0 fully saturated rings. The maximum atomic E-state index is 11.4. The van der Waals surface area contributed by atoms with Crippen LogP contribution in [0.5, 0.6) is 11.5 Å². The fourth-order valence-electron chi connectivity index (χ4n) is 2.79. The van der Waals surface area contributed by atoms with Crippen molar-refractivity contribution in [2.45, 2.75) is 59.7 Å². The Morgan fingerprint density at radius 1 is 1.24 bits per heavy atom. The summed E-state index contributed by atoms with van der Waals surface area (Å²) in [4.78, 5) is 11.4. The van der Waals surface area contributed by atoms with Gasteiger partial charge in [0.2, 0.25) is 0 Å². The van der Waals surface area contributed by atoms with Gasteiger partial charge in [-0.3, -0.25) is 4.79 Å². The largest absolute Gasteiger partial charge is 0.490 e. The van der Waals surface area contributed by atoms with Gasteiger partial charge in [-0.1, -0.05) is 0 Å². The molecule has 1 aliphatic rings. The Labute approximate surface area is 126 Å². The number of hydrogen-bond acceptors (Lipinski definition) is 4. The Hall–Kier alpha value is -1.71. The Balaban J connectivity index is 2.35. The van der Waals surface area contributed by atoms with Gasteiger partial charge in [-0.25, -0.2) is 0 Å². The normalized spacial score (nSPS) is 16.6. The summed E-state index contributed by atoms with van der Waals surface area (Å²) in [5, 5.41) is 0. The van der Waals surface area contributed by atoms with Crippen molar-refractivity contribution in [3.63, 3.8) is 0 Å². The highest BCUT2D eigenvalue weighted by Crippen LogP contribution is 2.43. The van der Waals surface area contributed by atoms with Crippen LogP contribution in [-0.4, -0.2) is 25.3 Å². The van der Waals surface area contributed by atoms with Gasteiger partial charge in [-0.2, -0.15) is 0 Å². The van der Waals surface area contributed by atoms with E-state index in [1.165, 1.54) is 7.11 Å². The number of rotatable bonds is 4. The summed E-state index contributed by atoms with van der Waals surface area (Å²) < 4.78 is 16.7. The molecule has 1 aliphatic heterocycles. The molecule has 1 aromatic rings. The fourth-order valence-corrected chi connectivity index (χ4v) is 2.79. The van der Waals surface area contributed by atoms with Gasteiger partial charge in [0.1, 0.15) is 17.6 Å². The third kappa shape index (κ3) is 2.99. The number of methoxy groups -OCH3 is 1. The first kappa shape index (κ1) is 15.7. The molecule has 1 heterocycles. The highest BCUT2D eigenvalue weighted by molar-refractivity contribution is 5.70. The third-order valence-corrected chi connectivity index (χ3v) is 4.00. The summed E-state index contributed by atoms with van der Waals surface area (Å²) in [6, 6.07) is 0. The molecule has 0 aromatic heterocycles. The number of carbonyl (C=O) groups is 1. The van der Waals surface area contributed by atoms with Crippen LogP contribution in [0, 0.1) is 20.8 Å². The van der Waals surface area contributed by atoms with Gasteiger partial charge in [0.15, 0.2) is 0 Å². The molecular weight excluding hydrogens is 268 g/mol. The molecule has 0 saturated carbocycles. The molecule has 0 aliphatic carbocycles. The summed E-state index contributed by atoms with van der Waals surface area (Å²) in [6.45, 7) is 10.2. The standard InChI is InChI=1S/C17H24O4/c1-9(2)20-16-10(3)11(4)17-14(12(16)5)7-13(21-17)8-15(18)19-6/h9,13H,7-8H2,1-6H3. The van der Waals surface area contributed by atoms with Crippen molar-refractivity contribution in [1.29, 1.82) is 0 Å². The van der Waals surface area contributed by atoms with E-state index in [1.807, 2.05) is 20.8 Å². The van der Waals surface area contributed by atoms with E-state index in [-0.39, 0.29) is 24.6 Å². The monoisotopic (exact) mass is 292 g/mol. The van der Waals surface area contributed by atoms with Crippen molar-refractivity contribution < 1.29 is 19.0 Å². The molecule has 0 spiro atoms. The predicted molar refractivity (Wildman–Crippen MR) is 81.2 cm³/mol. The number of ether oxygens (including phenoxy) is 3. The highest BCUT2D eigenvalue weighted by Gasteiger charge is 2.31. The van der Waals surface area contributed by atoms with E-state index < -0.39 is 0 Å². The SMILES string of the molecule is COC(=O)CC1Cc2c(C)c(OC(C)C)c(C)c(C)c2O1. The number of esters is 1. The first-order chi connectivity index (χ1) is 9.85. The predicted octanol–water partition coefficient (Wildman–Crippen LogP) is 3.27. The van der Waals surface area contributed by atoms with Crippen molar-refractivity contribution >= 4 is 5.97 Å². The lowest BCUT2D eigenvalue weighted by molar-refractivity contribution is -0.142. The molecule has 0 bridgehead atoms. The van der Waals surface area contributed by atoms with Crippen LogP contribution >= 0.6 is 0 Å². The lowest BCUT2D eigenvalue weighted by atomic mass is 9.95. The molecule has 4 heteroatoms. The molecule has 116 valence electrons. The summed E-state index contributed by atoms with van der Waals surface area (Å²) >= 11 is 0. The summed E-state index contributed by atoms with van der Waals surface area (Å²) in [5.74, 6) is 1.62. The van der Waals surface area contributed by atoms with Gasteiger partial charge in [0.05, 0.1) is 19.6 Å². The Kier molecular flexibility index (Phi) is 4.45. The minimum atomic E-state index is -0.238. The molecule has 0 amide bonds. The zero-order valence-corrected chi connectivity index (χ0v) is 13.7. The van der Waals surface area contributed by atoms with Crippen molar-refractivity contribution in [3.8, 4) is 11.5 Å². The van der Waals surface area contributed by atoms with E-state index in [0.29, 0.717) is 0 Å². The molecule has 1 aromatic carbocycles. The fraction of sp³-hybridized carbons (Fsp3) is 0.588. The molecule has 0 saturated heterocycles. The van der Waals surface area contributed by atoms with Crippen molar-refractivity contribution in [2.75, 3.05) is 7.11 Å². The number of fused-ring (bicyclic) bond motifs is 1. The van der Waals surface area contributed by atoms with E-state index in [0.717, 1.165) is 40.2 Å². The van der Waals surface area contributed by atoms with Gasteiger partial charge < -0.3 is 14.2 Å². The summed E-state index contributed by atoms with van der Waals surface area (Å²) in [6.07, 6.45) is 1.00. The Morgan fingerprint density at radius 3 is 2.48 bits per heavy atom. The second kappa shape index (κ2) is 5.96. The highest BCUT2D eigenvalue weighted by atomic mass is 16.5. The first-order valence-corrected chi connectivity index (χ1v) is 7.37. The second-order valence-corrected chi connectivity index (χ2v) is 5.90. The number of hydrogen-bond donors (Lipinski definition) is 0. The van der Waals surface area contributed by atoms with E-state index in [9.17, 15) is 4.79 Å². The van der Waals surface area contributed by atoms with Gasteiger partial charge in [0, 0.05) is 12.0 Å². The zero-order valence-electron chi connectivity index (χ0n) is 13.7. The van der Waals surface area contributed by atoms with E-state index in [4.69, 9.17) is 14.2 Å². The first-order valence-electron chi connectivity index (χ1n) is 7.37. The van der Waals surface area contributed by atoms with Crippen LogP contribution in [0.1, 0.15) is 42.5 Å². The van der Waals surface area contributed by atoms with Gasteiger partial charge in [0.25, 0.3) is 0 Å². The average molecular weight is 292 g/mol. The molecule has 1 atom stereocenters. The molecule has 0 radical (unpaired) electrons. The van der Waals surface area contributed by atoms with Crippen molar-refractivity contribution in [3.05, 3.63) is 22.3 Å². The summed E-state index contributed by atoms with van der Waals surface area (Å²) in [5.41, 5.74) is 4.48. The van der Waals surface area contributed by atoms with Gasteiger partial charge in [-0.05, 0) is 51.3 Å². The second-order valence-electron chi connectivity index (χ2n) is 5.90. The zero-order chi connectivity index (χ0) is 15.7. The quantitative estimate of drug-likeness (QED) is 0.799. The van der Waals surface area contributed by atoms with Crippen molar-refractivity contribution in [2.24, 2.45) is 0 Å². The smallest absolute Gasteiger partial charge is 0.309 e. The molecule has 0 N–H and O–H groups in total. The molecule has 1 unspecified atom stereocenters. The van der Waals surface area contributed by atoms with Gasteiger partial charge in [-0.15, -0.1) is 0 Å². The minimum absolute atomic E-state index is 0.132. The topological polar surface area (TPSA) is 44.8 Å². The Bertz CT molecular complexity index is 561. The molecule has 2 rings (SSSR count). The molecular formula is C17H24O4. The average Bonchev–Trinajstić information content (AvgIpc) is 2.84. The van der Waals surface area contributed by atoms with E-state index >= 15 is 0 Å². The van der Waals surface area contributed by atoms with Crippen LogP contribution in [0.2, 0.25) is 0 Å². The molecule has 21 heavy (non-hydrogen) atoms. The lowest BCUT2D eigenvalue weighted by Crippen LogP contribution is -2.19. The van der Waals surface area contributed by atoms with Crippen molar-refractivity contribution in [1.82, 2.24) is 0 Å². The molecule has 4 nitrogen and oxygen atoms in total. The van der Waals surface area contributed by atoms with Crippen LogP contribution < -0.4 is 9.47 Å². The lowest BCUT2D eigenvalue weighted by Gasteiger charge is -2.19. The van der Waals surface area contributed by atoms with Crippen LogP contribution in [-0.2, 0) is 16.0 Å². The maximum Gasteiger partial charge on any atom is 0.309 e. The number of carbonyl (C=O) groups excluding carboxylic acids is 1.